The van der Waals surface area contributed by atoms with E-state index in [-0.39, 0.29) is 12.2 Å². The van der Waals surface area contributed by atoms with Gasteiger partial charge < -0.3 is 5.11 Å². The molecule has 0 aromatic carbocycles. The number of ketones is 1. The molecule has 1 N–H and O–H groups in total. The molecule has 0 saturated heterocycles. The molecule has 1 aromatic heterocycles. The summed E-state index contributed by atoms with van der Waals surface area (Å²) in [5, 5.41) is 10.8. The maximum absolute atomic E-state index is 12.4. The van der Waals surface area contributed by atoms with Crippen LogP contribution in [0.5, 0.6) is 0 Å². The number of carboxylic acid groups (broad SMARTS) is 1. The Hall–Kier alpha value is -1.72. The fourth-order valence-electron chi connectivity index (χ4n) is 1.97. The van der Waals surface area contributed by atoms with Crippen LogP contribution in [-0.4, -0.2) is 41.4 Å². The van der Waals surface area contributed by atoms with Crippen LogP contribution in [0.25, 0.3) is 0 Å². The van der Waals surface area contributed by atoms with E-state index < -0.39 is 11.9 Å². The zero-order chi connectivity index (χ0) is 15.0. The van der Waals surface area contributed by atoms with E-state index in [4.69, 9.17) is 5.11 Å². The monoisotopic (exact) mass is 293 g/mol. The standard InChI is InChI=1S/C15H19NO3S/c1-3-7-16(8-4-2)11-12(10-14(17)18)15(19)13-6-5-9-20-13/h3-6,9,12H,1-2,7-8,10-11H2,(H,17,18). The lowest BCUT2D eigenvalue weighted by Gasteiger charge is -2.23. The molecule has 20 heavy (non-hydrogen) atoms. The number of rotatable bonds is 10. The molecule has 5 heteroatoms. The predicted molar refractivity (Wildman–Crippen MR) is 81.2 cm³/mol. The minimum absolute atomic E-state index is 0.111. The van der Waals surface area contributed by atoms with E-state index in [0.717, 1.165) is 0 Å². The van der Waals surface area contributed by atoms with E-state index in [2.05, 4.69) is 13.2 Å². The van der Waals surface area contributed by atoms with Crippen molar-refractivity contribution in [3.8, 4) is 0 Å². The Bertz CT molecular complexity index is 457. The summed E-state index contributed by atoms with van der Waals surface area (Å²) in [6.07, 6.45) is 3.30. The summed E-state index contributed by atoms with van der Waals surface area (Å²) in [4.78, 5) is 25.9. The molecule has 1 heterocycles. The van der Waals surface area contributed by atoms with Crippen molar-refractivity contribution in [1.82, 2.24) is 4.90 Å². The number of carboxylic acids is 1. The molecule has 0 aliphatic heterocycles. The van der Waals surface area contributed by atoms with Crippen LogP contribution in [0.2, 0.25) is 0 Å². The van der Waals surface area contributed by atoms with Crippen molar-refractivity contribution in [3.05, 3.63) is 47.7 Å². The van der Waals surface area contributed by atoms with E-state index in [0.29, 0.717) is 24.5 Å². The summed E-state index contributed by atoms with van der Waals surface area (Å²) < 4.78 is 0. The third-order valence-electron chi connectivity index (χ3n) is 2.81. The Morgan fingerprint density at radius 1 is 1.35 bits per heavy atom. The average molecular weight is 293 g/mol. The van der Waals surface area contributed by atoms with E-state index in [1.807, 2.05) is 10.3 Å². The van der Waals surface area contributed by atoms with Gasteiger partial charge in [-0.3, -0.25) is 14.5 Å². The second-order valence-corrected chi connectivity index (χ2v) is 5.38. The lowest BCUT2D eigenvalue weighted by atomic mass is 9.98. The maximum atomic E-state index is 12.4. The SMILES string of the molecule is C=CCN(CC=C)CC(CC(=O)O)C(=O)c1cccs1. The number of carbonyl (C=O) groups is 2. The maximum Gasteiger partial charge on any atom is 0.304 e. The smallest absolute Gasteiger partial charge is 0.304 e. The minimum atomic E-state index is -0.961. The van der Waals surface area contributed by atoms with Gasteiger partial charge in [-0.2, -0.15) is 0 Å². The van der Waals surface area contributed by atoms with Crippen molar-refractivity contribution in [2.24, 2.45) is 5.92 Å². The van der Waals surface area contributed by atoms with Crippen LogP contribution in [-0.2, 0) is 4.79 Å². The third kappa shape index (κ3) is 5.11. The lowest BCUT2D eigenvalue weighted by molar-refractivity contribution is -0.137. The molecular formula is C15H19NO3S. The van der Waals surface area contributed by atoms with Crippen LogP contribution in [0.4, 0.5) is 0 Å². The largest absolute Gasteiger partial charge is 0.481 e. The Morgan fingerprint density at radius 2 is 2.00 bits per heavy atom. The van der Waals surface area contributed by atoms with E-state index in [1.54, 1.807) is 24.3 Å². The summed E-state index contributed by atoms with van der Waals surface area (Å²) >= 11 is 1.34. The molecule has 0 amide bonds. The number of aliphatic carboxylic acids is 1. The molecule has 0 fully saturated rings. The highest BCUT2D eigenvalue weighted by atomic mass is 32.1. The van der Waals surface area contributed by atoms with Gasteiger partial charge in [0, 0.05) is 25.6 Å². The van der Waals surface area contributed by atoms with Gasteiger partial charge in [0.25, 0.3) is 0 Å². The summed E-state index contributed by atoms with van der Waals surface area (Å²) in [6, 6.07) is 3.52. The van der Waals surface area contributed by atoms with Gasteiger partial charge in [0.05, 0.1) is 11.3 Å². The van der Waals surface area contributed by atoms with Gasteiger partial charge in [-0.25, -0.2) is 0 Å². The van der Waals surface area contributed by atoms with Crippen molar-refractivity contribution in [2.75, 3.05) is 19.6 Å². The fourth-order valence-corrected chi connectivity index (χ4v) is 2.72. The van der Waals surface area contributed by atoms with E-state index in [9.17, 15) is 9.59 Å². The number of carbonyl (C=O) groups excluding carboxylic acids is 1. The molecule has 1 unspecified atom stereocenters. The zero-order valence-electron chi connectivity index (χ0n) is 11.3. The zero-order valence-corrected chi connectivity index (χ0v) is 12.1. The number of hydrogen-bond donors (Lipinski definition) is 1. The Kier molecular flexibility index (Phi) is 6.90. The van der Waals surface area contributed by atoms with E-state index in [1.165, 1.54) is 11.3 Å². The number of nitrogens with zero attached hydrogens (tertiary/aromatic N) is 1. The summed E-state index contributed by atoms with van der Waals surface area (Å²) in [7, 11) is 0. The van der Waals surface area contributed by atoms with Gasteiger partial charge in [0.1, 0.15) is 0 Å². The second kappa shape index (κ2) is 8.45. The molecule has 0 bridgehead atoms. The quantitative estimate of drug-likeness (QED) is 0.532. The van der Waals surface area contributed by atoms with Crippen LogP contribution in [0.15, 0.2) is 42.8 Å². The molecule has 0 aliphatic carbocycles. The minimum Gasteiger partial charge on any atom is -0.481 e. The van der Waals surface area contributed by atoms with Crippen molar-refractivity contribution >= 4 is 23.1 Å². The average Bonchev–Trinajstić information content (AvgIpc) is 2.91. The van der Waals surface area contributed by atoms with Crippen LogP contribution in [0.3, 0.4) is 0 Å². The topological polar surface area (TPSA) is 57.6 Å². The highest BCUT2D eigenvalue weighted by Crippen LogP contribution is 2.18. The van der Waals surface area contributed by atoms with Crippen molar-refractivity contribution in [2.45, 2.75) is 6.42 Å². The van der Waals surface area contributed by atoms with Gasteiger partial charge in [0.2, 0.25) is 0 Å². The third-order valence-corrected chi connectivity index (χ3v) is 3.69. The van der Waals surface area contributed by atoms with Crippen LogP contribution >= 0.6 is 11.3 Å². The Labute approximate surface area is 123 Å². The van der Waals surface area contributed by atoms with Crippen molar-refractivity contribution in [3.63, 3.8) is 0 Å². The molecule has 1 aromatic rings. The molecular weight excluding hydrogens is 274 g/mol. The molecule has 0 saturated carbocycles. The van der Waals surface area contributed by atoms with Crippen molar-refractivity contribution < 1.29 is 14.7 Å². The van der Waals surface area contributed by atoms with Gasteiger partial charge >= 0.3 is 5.97 Å². The molecule has 0 spiro atoms. The van der Waals surface area contributed by atoms with E-state index >= 15 is 0 Å². The van der Waals surface area contributed by atoms with Gasteiger partial charge in [-0.15, -0.1) is 24.5 Å². The molecule has 1 atom stereocenters. The molecule has 4 nitrogen and oxygen atoms in total. The first-order chi connectivity index (χ1) is 9.58. The first-order valence-corrected chi connectivity index (χ1v) is 7.20. The normalized spacial score (nSPS) is 12.1. The fraction of sp³-hybridized carbons (Fsp3) is 0.333. The van der Waals surface area contributed by atoms with Crippen LogP contribution in [0, 0.1) is 5.92 Å². The Morgan fingerprint density at radius 3 is 2.45 bits per heavy atom. The number of hydrogen-bond acceptors (Lipinski definition) is 4. The van der Waals surface area contributed by atoms with Crippen LogP contribution in [0.1, 0.15) is 16.1 Å². The molecule has 1 rings (SSSR count). The highest BCUT2D eigenvalue weighted by Gasteiger charge is 2.25. The lowest BCUT2D eigenvalue weighted by Crippen LogP contribution is -2.34. The second-order valence-electron chi connectivity index (χ2n) is 4.43. The van der Waals surface area contributed by atoms with Gasteiger partial charge in [-0.1, -0.05) is 18.2 Å². The summed E-state index contributed by atoms with van der Waals surface area (Å²) in [5.74, 6) is -1.62. The summed E-state index contributed by atoms with van der Waals surface area (Å²) in [5.41, 5.74) is 0. The number of thiophene rings is 1. The van der Waals surface area contributed by atoms with Crippen molar-refractivity contribution in [1.29, 1.82) is 0 Å². The molecule has 0 aliphatic rings. The molecule has 108 valence electrons. The predicted octanol–water partition coefficient (Wildman–Crippen LogP) is 2.70. The Balaban J connectivity index is 2.82. The first kappa shape index (κ1) is 16.3. The highest BCUT2D eigenvalue weighted by molar-refractivity contribution is 7.12. The number of Topliss-reactive ketones (excluding diaryl/α,β-unsaturated/α-hetero) is 1. The van der Waals surface area contributed by atoms with Gasteiger partial charge in [0.15, 0.2) is 5.78 Å². The molecule has 0 radical (unpaired) electrons. The summed E-state index contributed by atoms with van der Waals surface area (Å²) in [6.45, 7) is 8.93. The van der Waals surface area contributed by atoms with Crippen LogP contribution < -0.4 is 0 Å². The van der Waals surface area contributed by atoms with Gasteiger partial charge in [-0.05, 0) is 11.4 Å². The first-order valence-electron chi connectivity index (χ1n) is 6.32.